The third-order valence-electron chi connectivity index (χ3n) is 2.30. The van der Waals surface area contributed by atoms with Crippen molar-refractivity contribution >= 4 is 0 Å². The highest BCUT2D eigenvalue weighted by Gasteiger charge is 2.17. The van der Waals surface area contributed by atoms with Gasteiger partial charge in [-0.05, 0) is 13.1 Å². The van der Waals surface area contributed by atoms with E-state index < -0.39 is 0 Å². The van der Waals surface area contributed by atoms with Crippen molar-refractivity contribution in [1.82, 2.24) is 15.3 Å². The fourth-order valence-electron chi connectivity index (χ4n) is 1.58. The van der Waals surface area contributed by atoms with Gasteiger partial charge in [-0.15, -0.1) is 0 Å². The van der Waals surface area contributed by atoms with Crippen molar-refractivity contribution in [3.8, 4) is 0 Å². The molecule has 0 aliphatic rings. The molecule has 2 N–H and O–H groups in total. The number of imidazole rings is 1. The number of nitrogens with zero attached hydrogens (tertiary/aromatic N) is 1. The Kier molecular flexibility index (Phi) is 2.78. The molecule has 0 aliphatic carbocycles. The second-order valence-electron chi connectivity index (χ2n) is 3.22. The van der Waals surface area contributed by atoms with Gasteiger partial charge in [-0.2, -0.15) is 0 Å². The largest absolute Gasteiger partial charge is 0.347 e. The lowest BCUT2D eigenvalue weighted by Crippen LogP contribution is -2.20. The molecule has 1 heterocycles. The SMILES string of the molecule is CNC(c1ncc[nH]1)c1ccccc1F. The van der Waals surface area contributed by atoms with Gasteiger partial charge in [0.15, 0.2) is 0 Å². The lowest BCUT2D eigenvalue weighted by Gasteiger charge is -2.14. The molecular formula is C11H12FN3. The molecule has 0 amide bonds. The topological polar surface area (TPSA) is 40.7 Å². The fourth-order valence-corrected chi connectivity index (χ4v) is 1.58. The molecular weight excluding hydrogens is 193 g/mol. The predicted octanol–water partition coefficient (Wildman–Crippen LogP) is 1.86. The van der Waals surface area contributed by atoms with Crippen molar-refractivity contribution in [2.45, 2.75) is 6.04 Å². The lowest BCUT2D eigenvalue weighted by atomic mass is 10.1. The number of nitrogens with one attached hydrogen (secondary N) is 2. The summed E-state index contributed by atoms with van der Waals surface area (Å²) in [6.45, 7) is 0. The number of hydrogen-bond donors (Lipinski definition) is 2. The van der Waals surface area contributed by atoms with Crippen molar-refractivity contribution in [3.05, 3.63) is 53.9 Å². The molecule has 3 nitrogen and oxygen atoms in total. The Morgan fingerprint density at radius 2 is 2.20 bits per heavy atom. The Bertz CT molecular complexity index is 425. The summed E-state index contributed by atoms with van der Waals surface area (Å²) in [5, 5.41) is 3.03. The van der Waals surface area contributed by atoms with E-state index in [2.05, 4.69) is 15.3 Å². The Labute approximate surface area is 87.4 Å². The molecule has 1 unspecified atom stereocenters. The molecule has 0 spiro atoms. The first-order valence-electron chi connectivity index (χ1n) is 4.74. The maximum absolute atomic E-state index is 13.5. The average Bonchev–Trinajstić information content (AvgIpc) is 2.75. The highest BCUT2D eigenvalue weighted by Crippen LogP contribution is 2.20. The first-order chi connectivity index (χ1) is 7.33. The van der Waals surface area contributed by atoms with E-state index in [1.54, 1.807) is 31.6 Å². The molecule has 0 saturated heterocycles. The van der Waals surface area contributed by atoms with E-state index in [-0.39, 0.29) is 11.9 Å². The molecule has 0 fully saturated rings. The summed E-state index contributed by atoms with van der Waals surface area (Å²) in [7, 11) is 1.78. The molecule has 0 bridgehead atoms. The number of hydrogen-bond acceptors (Lipinski definition) is 2. The van der Waals surface area contributed by atoms with Gasteiger partial charge in [0, 0.05) is 18.0 Å². The first-order valence-corrected chi connectivity index (χ1v) is 4.74. The number of aromatic nitrogens is 2. The zero-order valence-electron chi connectivity index (χ0n) is 8.37. The summed E-state index contributed by atoms with van der Waals surface area (Å²) in [6, 6.07) is 6.45. The summed E-state index contributed by atoms with van der Waals surface area (Å²) in [5.41, 5.74) is 0.593. The molecule has 0 aliphatic heterocycles. The summed E-state index contributed by atoms with van der Waals surface area (Å²) in [6.07, 6.45) is 3.38. The number of H-pyrrole nitrogens is 1. The summed E-state index contributed by atoms with van der Waals surface area (Å²) < 4.78 is 13.5. The van der Waals surface area contributed by atoms with Crippen LogP contribution in [0.3, 0.4) is 0 Å². The Morgan fingerprint density at radius 1 is 1.40 bits per heavy atom. The molecule has 1 aromatic heterocycles. The van der Waals surface area contributed by atoms with Crippen LogP contribution in [0.15, 0.2) is 36.7 Å². The van der Waals surface area contributed by atoms with Crippen LogP contribution in [0.5, 0.6) is 0 Å². The van der Waals surface area contributed by atoms with Crippen molar-refractivity contribution < 1.29 is 4.39 Å². The van der Waals surface area contributed by atoms with Crippen molar-refractivity contribution in [2.24, 2.45) is 0 Å². The third kappa shape index (κ3) is 1.89. The zero-order valence-corrected chi connectivity index (χ0v) is 8.37. The number of aromatic amines is 1. The quantitative estimate of drug-likeness (QED) is 0.803. The second-order valence-corrected chi connectivity index (χ2v) is 3.22. The van der Waals surface area contributed by atoms with E-state index in [1.807, 2.05) is 6.07 Å². The molecule has 4 heteroatoms. The van der Waals surface area contributed by atoms with Gasteiger partial charge in [-0.3, -0.25) is 0 Å². The van der Waals surface area contributed by atoms with Gasteiger partial charge >= 0.3 is 0 Å². The summed E-state index contributed by atoms with van der Waals surface area (Å²) >= 11 is 0. The van der Waals surface area contributed by atoms with Gasteiger partial charge in [0.2, 0.25) is 0 Å². The van der Waals surface area contributed by atoms with E-state index in [9.17, 15) is 4.39 Å². The molecule has 1 aromatic carbocycles. The van der Waals surface area contributed by atoms with Crippen molar-refractivity contribution in [1.29, 1.82) is 0 Å². The average molecular weight is 205 g/mol. The van der Waals surface area contributed by atoms with Crippen LogP contribution >= 0.6 is 0 Å². The maximum Gasteiger partial charge on any atom is 0.128 e. The van der Waals surface area contributed by atoms with Gasteiger partial charge in [0.25, 0.3) is 0 Å². The maximum atomic E-state index is 13.5. The predicted molar refractivity (Wildman–Crippen MR) is 55.9 cm³/mol. The molecule has 1 atom stereocenters. The van der Waals surface area contributed by atoms with Crippen LogP contribution in [0.4, 0.5) is 4.39 Å². The van der Waals surface area contributed by atoms with Crippen LogP contribution in [0.1, 0.15) is 17.4 Å². The molecule has 78 valence electrons. The minimum Gasteiger partial charge on any atom is -0.347 e. The van der Waals surface area contributed by atoms with Crippen LogP contribution in [-0.2, 0) is 0 Å². The van der Waals surface area contributed by atoms with E-state index in [0.717, 1.165) is 0 Å². The normalized spacial score (nSPS) is 12.7. The minimum absolute atomic E-state index is 0.228. The van der Waals surface area contributed by atoms with Gasteiger partial charge < -0.3 is 10.3 Å². The third-order valence-corrected chi connectivity index (χ3v) is 2.30. The van der Waals surface area contributed by atoms with Gasteiger partial charge in [-0.25, -0.2) is 9.37 Å². The van der Waals surface area contributed by atoms with Gasteiger partial charge in [0.05, 0.1) is 6.04 Å². The second kappa shape index (κ2) is 4.23. The molecule has 0 radical (unpaired) electrons. The highest BCUT2D eigenvalue weighted by atomic mass is 19.1. The zero-order chi connectivity index (χ0) is 10.7. The number of halogens is 1. The Hall–Kier alpha value is -1.68. The molecule has 15 heavy (non-hydrogen) atoms. The van der Waals surface area contributed by atoms with Gasteiger partial charge in [0.1, 0.15) is 11.6 Å². The first kappa shape index (κ1) is 9.86. The molecule has 2 rings (SSSR count). The van der Waals surface area contributed by atoms with Crippen LogP contribution in [0.2, 0.25) is 0 Å². The molecule has 2 aromatic rings. The van der Waals surface area contributed by atoms with Crippen LogP contribution < -0.4 is 5.32 Å². The van der Waals surface area contributed by atoms with E-state index in [0.29, 0.717) is 11.4 Å². The summed E-state index contributed by atoms with van der Waals surface area (Å²) in [5.74, 6) is 0.482. The van der Waals surface area contributed by atoms with Crippen LogP contribution in [0.25, 0.3) is 0 Å². The van der Waals surface area contributed by atoms with E-state index >= 15 is 0 Å². The monoisotopic (exact) mass is 205 g/mol. The Balaban J connectivity index is 2.40. The summed E-state index contributed by atoms with van der Waals surface area (Å²) in [4.78, 5) is 7.09. The van der Waals surface area contributed by atoms with Gasteiger partial charge in [-0.1, -0.05) is 18.2 Å². The van der Waals surface area contributed by atoms with E-state index in [4.69, 9.17) is 0 Å². The Morgan fingerprint density at radius 3 is 2.80 bits per heavy atom. The number of benzene rings is 1. The lowest BCUT2D eigenvalue weighted by molar-refractivity contribution is 0.565. The number of rotatable bonds is 3. The highest BCUT2D eigenvalue weighted by molar-refractivity contribution is 5.26. The van der Waals surface area contributed by atoms with Crippen LogP contribution in [-0.4, -0.2) is 17.0 Å². The van der Waals surface area contributed by atoms with Crippen molar-refractivity contribution in [3.63, 3.8) is 0 Å². The van der Waals surface area contributed by atoms with Crippen LogP contribution in [0, 0.1) is 5.82 Å². The smallest absolute Gasteiger partial charge is 0.128 e. The van der Waals surface area contributed by atoms with Crippen molar-refractivity contribution in [2.75, 3.05) is 7.05 Å². The minimum atomic E-state index is -0.235. The fraction of sp³-hybridized carbons (Fsp3) is 0.182. The van der Waals surface area contributed by atoms with E-state index in [1.165, 1.54) is 6.07 Å². The molecule has 0 saturated carbocycles. The standard InChI is InChI=1S/C11H12FN3/c1-13-10(11-14-6-7-15-11)8-4-2-3-5-9(8)12/h2-7,10,13H,1H3,(H,14,15).